The zero-order valence-corrected chi connectivity index (χ0v) is 9.18. The fourth-order valence-corrected chi connectivity index (χ4v) is 2.15. The summed E-state index contributed by atoms with van der Waals surface area (Å²) in [5.74, 6) is 0.0465. The number of hydrogen-bond acceptors (Lipinski definition) is 2. The molecule has 0 saturated carbocycles. The standard InChI is InChI=1S/C12H11FOS/c1-2-14-10-6-3-5-9(12(10)13)11-7-4-8-15-11/h3-8H,2H2,1H3. The molecular weight excluding hydrogens is 211 g/mol. The maximum absolute atomic E-state index is 13.9. The second-order valence-electron chi connectivity index (χ2n) is 3.03. The molecule has 0 radical (unpaired) electrons. The van der Waals surface area contributed by atoms with E-state index in [1.165, 1.54) is 11.3 Å². The Labute approximate surface area is 92.1 Å². The summed E-state index contributed by atoms with van der Waals surface area (Å²) < 4.78 is 19.1. The summed E-state index contributed by atoms with van der Waals surface area (Å²) in [7, 11) is 0. The van der Waals surface area contributed by atoms with E-state index < -0.39 is 0 Å². The van der Waals surface area contributed by atoms with Gasteiger partial charge >= 0.3 is 0 Å². The highest BCUT2D eigenvalue weighted by molar-refractivity contribution is 7.13. The lowest BCUT2D eigenvalue weighted by atomic mass is 10.1. The van der Waals surface area contributed by atoms with Gasteiger partial charge in [-0.3, -0.25) is 0 Å². The Morgan fingerprint density at radius 1 is 1.27 bits per heavy atom. The summed E-state index contributed by atoms with van der Waals surface area (Å²) in [4.78, 5) is 0.925. The SMILES string of the molecule is CCOc1cccc(-c2cccs2)c1F. The van der Waals surface area contributed by atoms with Crippen molar-refractivity contribution in [1.82, 2.24) is 0 Å². The van der Waals surface area contributed by atoms with E-state index in [2.05, 4.69) is 0 Å². The number of hydrogen-bond donors (Lipinski definition) is 0. The van der Waals surface area contributed by atoms with E-state index in [-0.39, 0.29) is 5.82 Å². The predicted molar refractivity (Wildman–Crippen MR) is 60.9 cm³/mol. The minimum Gasteiger partial charge on any atom is -0.491 e. The van der Waals surface area contributed by atoms with Crippen molar-refractivity contribution >= 4 is 11.3 Å². The van der Waals surface area contributed by atoms with Crippen molar-refractivity contribution in [3.05, 3.63) is 41.5 Å². The van der Waals surface area contributed by atoms with Crippen LogP contribution < -0.4 is 4.74 Å². The summed E-state index contributed by atoms with van der Waals surface area (Å²) >= 11 is 1.52. The number of ether oxygens (including phenoxy) is 1. The third-order valence-electron chi connectivity index (χ3n) is 2.05. The van der Waals surface area contributed by atoms with Crippen LogP contribution in [0.15, 0.2) is 35.7 Å². The van der Waals surface area contributed by atoms with Gasteiger partial charge < -0.3 is 4.74 Å². The molecule has 0 aliphatic rings. The predicted octanol–water partition coefficient (Wildman–Crippen LogP) is 3.95. The van der Waals surface area contributed by atoms with Crippen LogP contribution in [0.2, 0.25) is 0 Å². The molecule has 3 heteroatoms. The summed E-state index contributed by atoms with van der Waals surface area (Å²) in [6.45, 7) is 2.32. The van der Waals surface area contributed by atoms with Gasteiger partial charge in [-0.25, -0.2) is 4.39 Å². The molecule has 0 N–H and O–H groups in total. The van der Waals surface area contributed by atoms with Gasteiger partial charge in [0.2, 0.25) is 0 Å². The van der Waals surface area contributed by atoms with Crippen molar-refractivity contribution in [3.63, 3.8) is 0 Å². The summed E-state index contributed by atoms with van der Waals surface area (Å²) in [5.41, 5.74) is 0.607. The Bertz CT molecular complexity index is 437. The molecule has 1 heterocycles. The van der Waals surface area contributed by atoms with Crippen LogP contribution in [0.1, 0.15) is 6.92 Å². The molecule has 0 amide bonds. The van der Waals surface area contributed by atoms with Crippen LogP contribution in [0.25, 0.3) is 10.4 Å². The van der Waals surface area contributed by atoms with Gasteiger partial charge in [0.1, 0.15) is 0 Å². The molecule has 1 aromatic heterocycles. The molecule has 1 aromatic carbocycles. The molecule has 2 aromatic rings. The van der Waals surface area contributed by atoms with E-state index in [4.69, 9.17) is 4.74 Å². The maximum Gasteiger partial charge on any atom is 0.173 e. The van der Waals surface area contributed by atoms with E-state index in [0.29, 0.717) is 17.9 Å². The van der Waals surface area contributed by atoms with Crippen molar-refractivity contribution in [1.29, 1.82) is 0 Å². The van der Waals surface area contributed by atoms with Gasteiger partial charge in [-0.2, -0.15) is 0 Å². The minimum absolute atomic E-state index is 0.276. The van der Waals surface area contributed by atoms with Gasteiger partial charge in [-0.1, -0.05) is 18.2 Å². The zero-order chi connectivity index (χ0) is 10.7. The topological polar surface area (TPSA) is 9.23 Å². The van der Waals surface area contributed by atoms with Gasteiger partial charge in [0.05, 0.1) is 6.61 Å². The van der Waals surface area contributed by atoms with Crippen molar-refractivity contribution in [3.8, 4) is 16.2 Å². The van der Waals surface area contributed by atoms with Crippen LogP contribution in [0.5, 0.6) is 5.75 Å². The monoisotopic (exact) mass is 222 g/mol. The Morgan fingerprint density at radius 3 is 2.80 bits per heavy atom. The number of halogens is 1. The lowest BCUT2D eigenvalue weighted by Crippen LogP contribution is -1.95. The molecule has 0 aliphatic carbocycles. The minimum atomic E-state index is -0.276. The average molecular weight is 222 g/mol. The van der Waals surface area contributed by atoms with Crippen LogP contribution in [0, 0.1) is 5.82 Å². The lowest BCUT2D eigenvalue weighted by Gasteiger charge is -2.07. The van der Waals surface area contributed by atoms with Crippen molar-refractivity contribution in [2.45, 2.75) is 6.92 Å². The van der Waals surface area contributed by atoms with E-state index in [1.807, 2.05) is 30.5 Å². The lowest BCUT2D eigenvalue weighted by molar-refractivity contribution is 0.322. The first-order valence-electron chi connectivity index (χ1n) is 4.78. The molecule has 2 rings (SSSR count). The Hall–Kier alpha value is -1.35. The Kier molecular flexibility index (Phi) is 3.02. The van der Waals surface area contributed by atoms with Gasteiger partial charge in [-0.05, 0) is 24.4 Å². The summed E-state index contributed by atoms with van der Waals surface area (Å²) in [6.07, 6.45) is 0. The maximum atomic E-state index is 13.9. The van der Waals surface area contributed by atoms with Gasteiger partial charge in [0.15, 0.2) is 11.6 Å². The van der Waals surface area contributed by atoms with E-state index in [9.17, 15) is 4.39 Å². The summed E-state index contributed by atoms with van der Waals surface area (Å²) in [5, 5.41) is 1.93. The van der Waals surface area contributed by atoms with Crippen LogP contribution in [-0.2, 0) is 0 Å². The second-order valence-corrected chi connectivity index (χ2v) is 3.98. The van der Waals surface area contributed by atoms with Gasteiger partial charge in [0.25, 0.3) is 0 Å². The molecule has 0 saturated heterocycles. The normalized spacial score (nSPS) is 10.3. The largest absolute Gasteiger partial charge is 0.491 e. The second kappa shape index (κ2) is 4.45. The number of thiophene rings is 1. The smallest absolute Gasteiger partial charge is 0.173 e. The van der Waals surface area contributed by atoms with Crippen molar-refractivity contribution in [2.75, 3.05) is 6.61 Å². The van der Waals surface area contributed by atoms with Crippen LogP contribution in [-0.4, -0.2) is 6.61 Å². The molecule has 0 aliphatic heterocycles. The molecular formula is C12H11FOS. The number of rotatable bonds is 3. The van der Waals surface area contributed by atoms with Crippen LogP contribution in [0.3, 0.4) is 0 Å². The highest BCUT2D eigenvalue weighted by Crippen LogP contribution is 2.31. The van der Waals surface area contributed by atoms with Crippen molar-refractivity contribution < 1.29 is 9.13 Å². The Balaban J connectivity index is 2.45. The van der Waals surface area contributed by atoms with E-state index in [1.54, 1.807) is 12.1 Å². The first kappa shape index (κ1) is 10.2. The first-order chi connectivity index (χ1) is 7.33. The quantitative estimate of drug-likeness (QED) is 0.764. The molecule has 0 unspecified atom stereocenters. The summed E-state index contributed by atoms with van der Waals surface area (Å²) in [6, 6.07) is 9.04. The Morgan fingerprint density at radius 2 is 2.13 bits per heavy atom. The van der Waals surface area contributed by atoms with Gasteiger partial charge in [-0.15, -0.1) is 11.3 Å². The average Bonchev–Trinajstić information content (AvgIpc) is 2.74. The molecule has 1 nitrogen and oxygen atoms in total. The molecule has 15 heavy (non-hydrogen) atoms. The third-order valence-corrected chi connectivity index (χ3v) is 2.95. The number of benzene rings is 1. The highest BCUT2D eigenvalue weighted by atomic mass is 32.1. The van der Waals surface area contributed by atoms with Crippen molar-refractivity contribution in [2.24, 2.45) is 0 Å². The molecule has 0 spiro atoms. The zero-order valence-electron chi connectivity index (χ0n) is 8.37. The molecule has 78 valence electrons. The highest BCUT2D eigenvalue weighted by Gasteiger charge is 2.10. The van der Waals surface area contributed by atoms with Crippen LogP contribution >= 0.6 is 11.3 Å². The van der Waals surface area contributed by atoms with E-state index >= 15 is 0 Å². The van der Waals surface area contributed by atoms with Gasteiger partial charge in [0, 0.05) is 10.4 Å². The molecule has 0 fully saturated rings. The fourth-order valence-electron chi connectivity index (χ4n) is 1.40. The molecule has 0 atom stereocenters. The molecule has 0 bridgehead atoms. The fraction of sp³-hybridized carbons (Fsp3) is 0.167. The third kappa shape index (κ3) is 2.02. The van der Waals surface area contributed by atoms with Crippen LogP contribution in [0.4, 0.5) is 4.39 Å². The van der Waals surface area contributed by atoms with E-state index in [0.717, 1.165) is 4.88 Å². The first-order valence-corrected chi connectivity index (χ1v) is 5.66.